The summed E-state index contributed by atoms with van der Waals surface area (Å²) in [5, 5.41) is 14.8. The zero-order valence-electron chi connectivity index (χ0n) is 9.40. The van der Waals surface area contributed by atoms with Gasteiger partial charge in [-0.25, -0.2) is 0 Å². The maximum atomic E-state index is 11.0. The molecule has 1 aromatic rings. The third-order valence-electron chi connectivity index (χ3n) is 2.74. The van der Waals surface area contributed by atoms with Crippen LogP contribution in [-0.2, 0) is 0 Å². The largest absolute Gasteiger partial charge is 0.379 e. The fraction of sp³-hybridized carbons (Fsp3) is 0.455. The Bertz CT molecular complexity index is 453. The molecule has 0 saturated carbocycles. The predicted octanol–water partition coefficient (Wildman–Crippen LogP) is 3.86. The number of hydrogen-bond donors (Lipinski definition) is 1. The van der Waals surface area contributed by atoms with Gasteiger partial charge in [-0.3, -0.25) is 10.1 Å². The van der Waals surface area contributed by atoms with Crippen LogP contribution < -0.4 is 5.32 Å². The molecule has 0 amide bonds. The molecular weight excluding hydrogens is 260 g/mol. The average molecular weight is 273 g/mol. The summed E-state index contributed by atoms with van der Waals surface area (Å²) in [4.78, 5) is 10.7. The second-order valence-electron chi connectivity index (χ2n) is 3.94. The van der Waals surface area contributed by atoms with Crippen LogP contribution in [0.2, 0.25) is 5.02 Å². The van der Waals surface area contributed by atoms with Gasteiger partial charge in [-0.1, -0.05) is 11.6 Å². The monoisotopic (exact) mass is 272 g/mol. The van der Waals surface area contributed by atoms with E-state index in [1.54, 1.807) is 11.8 Å². The summed E-state index contributed by atoms with van der Waals surface area (Å²) in [7, 11) is 0. The Labute approximate surface area is 109 Å². The number of hydrogen-bond acceptors (Lipinski definition) is 4. The van der Waals surface area contributed by atoms with Crippen molar-refractivity contribution in [3.8, 4) is 0 Å². The molecule has 0 spiro atoms. The molecule has 17 heavy (non-hydrogen) atoms. The highest BCUT2D eigenvalue weighted by atomic mass is 35.5. The highest BCUT2D eigenvalue weighted by Gasteiger charge is 2.23. The Hall–Kier alpha value is -0.940. The average Bonchev–Trinajstić information content (AvgIpc) is 2.26. The number of rotatable bonds is 1. The van der Waals surface area contributed by atoms with Crippen LogP contribution in [0.25, 0.3) is 0 Å². The molecule has 1 unspecified atom stereocenters. The molecule has 0 saturated heterocycles. The van der Waals surface area contributed by atoms with Gasteiger partial charge >= 0.3 is 0 Å². The number of nitrogens with one attached hydrogen (secondary N) is 1. The number of halogens is 1. The van der Waals surface area contributed by atoms with E-state index in [-0.39, 0.29) is 15.9 Å². The third-order valence-corrected chi connectivity index (χ3v) is 4.23. The molecular formula is C11H13ClN2O2S. The second kappa shape index (κ2) is 5.14. The van der Waals surface area contributed by atoms with E-state index in [1.807, 2.05) is 6.07 Å². The van der Waals surface area contributed by atoms with Crippen LogP contribution in [-0.4, -0.2) is 17.2 Å². The first-order valence-corrected chi connectivity index (χ1v) is 6.85. The maximum absolute atomic E-state index is 11.0. The molecule has 1 aliphatic rings. The van der Waals surface area contributed by atoms with Crippen molar-refractivity contribution in [1.29, 1.82) is 0 Å². The van der Waals surface area contributed by atoms with Gasteiger partial charge in [-0.05, 0) is 30.7 Å². The topological polar surface area (TPSA) is 55.2 Å². The number of benzene rings is 1. The van der Waals surface area contributed by atoms with Crippen LogP contribution in [0.4, 0.5) is 11.4 Å². The summed E-state index contributed by atoms with van der Waals surface area (Å²) in [5.41, 5.74) is 1.62. The fourth-order valence-corrected chi connectivity index (χ4v) is 3.16. The van der Waals surface area contributed by atoms with Crippen molar-refractivity contribution in [1.82, 2.24) is 0 Å². The molecule has 0 bridgehead atoms. The second-order valence-corrected chi connectivity index (χ2v) is 5.82. The smallest absolute Gasteiger partial charge is 0.294 e. The molecule has 1 aliphatic heterocycles. The molecule has 0 aromatic heterocycles. The van der Waals surface area contributed by atoms with Gasteiger partial charge in [0.2, 0.25) is 0 Å². The zero-order chi connectivity index (χ0) is 12.4. The van der Waals surface area contributed by atoms with E-state index < -0.39 is 0 Å². The quantitative estimate of drug-likeness (QED) is 0.623. The molecule has 1 N–H and O–H groups in total. The van der Waals surface area contributed by atoms with Crippen LogP contribution in [0, 0.1) is 10.1 Å². The van der Waals surface area contributed by atoms with Gasteiger partial charge < -0.3 is 5.32 Å². The first-order valence-electron chi connectivity index (χ1n) is 5.43. The van der Waals surface area contributed by atoms with Gasteiger partial charge in [0.15, 0.2) is 0 Å². The number of nitro benzene ring substituents is 1. The standard InChI is InChI=1S/C11H13ClN2O2S/c1-7-9-5-8(12)6-10(14(15)16)11(9)13-3-2-4-17-7/h5-7,13H,2-4H2,1H3. The van der Waals surface area contributed by atoms with Crippen LogP contribution in [0.15, 0.2) is 12.1 Å². The molecule has 0 fully saturated rings. The normalized spacial score (nSPS) is 19.8. The maximum Gasteiger partial charge on any atom is 0.294 e. The van der Waals surface area contributed by atoms with E-state index in [1.165, 1.54) is 6.07 Å². The van der Waals surface area contributed by atoms with E-state index in [2.05, 4.69) is 12.2 Å². The van der Waals surface area contributed by atoms with E-state index in [9.17, 15) is 10.1 Å². The van der Waals surface area contributed by atoms with Crippen LogP contribution in [0.1, 0.15) is 24.2 Å². The molecule has 0 aliphatic carbocycles. The van der Waals surface area contributed by atoms with E-state index in [0.717, 1.165) is 24.3 Å². The molecule has 92 valence electrons. The Kier molecular flexibility index (Phi) is 3.79. The minimum absolute atomic E-state index is 0.0712. The lowest BCUT2D eigenvalue weighted by atomic mass is 10.1. The van der Waals surface area contributed by atoms with Gasteiger partial charge in [0.1, 0.15) is 5.69 Å². The molecule has 1 heterocycles. The van der Waals surface area contributed by atoms with Crippen molar-refractivity contribution in [3.05, 3.63) is 32.8 Å². The van der Waals surface area contributed by atoms with Gasteiger partial charge in [0.25, 0.3) is 5.69 Å². The zero-order valence-corrected chi connectivity index (χ0v) is 11.0. The lowest BCUT2D eigenvalue weighted by Gasteiger charge is -2.21. The SMILES string of the molecule is CC1SCCCNc2c1cc(Cl)cc2[N+](=O)[O-]. The Morgan fingerprint density at radius 2 is 2.35 bits per heavy atom. The Morgan fingerprint density at radius 1 is 1.59 bits per heavy atom. The van der Waals surface area contributed by atoms with E-state index in [4.69, 9.17) is 11.6 Å². The number of nitrogens with zero attached hydrogens (tertiary/aromatic N) is 1. The van der Waals surface area contributed by atoms with Crippen molar-refractivity contribution < 1.29 is 4.92 Å². The van der Waals surface area contributed by atoms with E-state index in [0.29, 0.717) is 10.7 Å². The summed E-state index contributed by atoms with van der Waals surface area (Å²) < 4.78 is 0. The predicted molar refractivity (Wildman–Crippen MR) is 72.1 cm³/mol. The van der Waals surface area contributed by atoms with Crippen molar-refractivity contribution >= 4 is 34.7 Å². The highest BCUT2D eigenvalue weighted by Crippen LogP contribution is 2.41. The van der Waals surface area contributed by atoms with Crippen molar-refractivity contribution in [2.24, 2.45) is 0 Å². The first kappa shape index (κ1) is 12.5. The molecule has 2 rings (SSSR count). The summed E-state index contributed by atoms with van der Waals surface area (Å²) in [6, 6.07) is 3.23. The number of fused-ring (bicyclic) bond motifs is 1. The highest BCUT2D eigenvalue weighted by molar-refractivity contribution is 7.99. The summed E-state index contributed by atoms with van der Waals surface area (Å²) in [5.74, 6) is 1.05. The number of anilines is 1. The van der Waals surface area contributed by atoms with Gasteiger partial charge in [0.05, 0.1) is 4.92 Å². The fourth-order valence-electron chi connectivity index (χ4n) is 1.91. The Morgan fingerprint density at radius 3 is 3.06 bits per heavy atom. The molecule has 6 heteroatoms. The van der Waals surface area contributed by atoms with Crippen molar-refractivity contribution in [2.45, 2.75) is 18.6 Å². The minimum Gasteiger partial charge on any atom is -0.379 e. The van der Waals surface area contributed by atoms with Gasteiger partial charge in [-0.15, -0.1) is 0 Å². The van der Waals surface area contributed by atoms with Crippen LogP contribution in [0.5, 0.6) is 0 Å². The van der Waals surface area contributed by atoms with Crippen LogP contribution >= 0.6 is 23.4 Å². The third kappa shape index (κ3) is 2.66. The molecule has 1 aromatic carbocycles. The minimum atomic E-state index is -0.378. The molecule has 4 nitrogen and oxygen atoms in total. The Balaban J connectivity index is 2.56. The summed E-state index contributed by atoms with van der Waals surface area (Å²) >= 11 is 7.75. The lowest BCUT2D eigenvalue weighted by Crippen LogP contribution is -2.11. The van der Waals surface area contributed by atoms with Gasteiger partial charge in [-0.2, -0.15) is 11.8 Å². The van der Waals surface area contributed by atoms with E-state index >= 15 is 0 Å². The summed E-state index contributed by atoms with van der Waals surface area (Å²) in [6.07, 6.45) is 1.01. The molecule has 1 atom stereocenters. The number of thioether (sulfide) groups is 1. The molecule has 0 radical (unpaired) electrons. The first-order chi connectivity index (χ1) is 8.09. The van der Waals surface area contributed by atoms with Crippen molar-refractivity contribution in [3.63, 3.8) is 0 Å². The number of nitro groups is 1. The van der Waals surface area contributed by atoms with Crippen molar-refractivity contribution in [2.75, 3.05) is 17.6 Å². The van der Waals surface area contributed by atoms with Crippen LogP contribution in [0.3, 0.4) is 0 Å². The van der Waals surface area contributed by atoms with Gasteiger partial charge in [0, 0.05) is 22.9 Å². The lowest BCUT2D eigenvalue weighted by molar-refractivity contribution is -0.384. The summed E-state index contributed by atoms with van der Waals surface area (Å²) in [6.45, 7) is 2.81.